The minimum Gasteiger partial charge on any atom is -0.481 e. The number of esters is 1. The molecule has 0 spiro atoms. The average molecular weight is 1110 g/mol. The molecular formula is C55H50Br2N6O6S2. The van der Waals surface area contributed by atoms with Crippen LogP contribution in [-0.2, 0) is 36.8 Å². The molecule has 2 atom stereocenters. The Morgan fingerprint density at radius 2 is 0.958 bits per heavy atom. The van der Waals surface area contributed by atoms with Crippen molar-refractivity contribution in [1.29, 1.82) is 0 Å². The van der Waals surface area contributed by atoms with Crippen molar-refractivity contribution >= 4 is 100 Å². The van der Waals surface area contributed by atoms with Gasteiger partial charge >= 0.3 is 11.9 Å². The van der Waals surface area contributed by atoms with Gasteiger partial charge in [-0.15, -0.1) is 20.4 Å². The van der Waals surface area contributed by atoms with Crippen LogP contribution in [0.15, 0.2) is 153 Å². The quantitative estimate of drug-likeness (QED) is 0.0569. The number of benzene rings is 6. The first-order valence-corrected chi connectivity index (χ1v) is 27.0. The Morgan fingerprint density at radius 1 is 0.563 bits per heavy atom. The van der Waals surface area contributed by atoms with Gasteiger partial charge in [0.25, 0.3) is 0 Å². The molecule has 2 heterocycles. The highest BCUT2D eigenvalue weighted by atomic mass is 79.9. The smallest absolute Gasteiger partial charge is 0.309 e. The third kappa shape index (κ3) is 12.2. The average Bonchev–Trinajstić information content (AvgIpc) is 4.34. The summed E-state index contributed by atoms with van der Waals surface area (Å²) in [4.78, 5) is 49.8. The molecule has 10 rings (SSSR count). The summed E-state index contributed by atoms with van der Waals surface area (Å²) in [5.41, 5.74) is 6.58. The maximum absolute atomic E-state index is 12.9. The van der Waals surface area contributed by atoms with Crippen LogP contribution in [0, 0.1) is 11.8 Å². The molecule has 2 fully saturated rings. The summed E-state index contributed by atoms with van der Waals surface area (Å²) in [7, 11) is 1.36. The molecule has 2 aromatic heterocycles. The van der Waals surface area contributed by atoms with Gasteiger partial charge in [0.05, 0.1) is 41.8 Å². The fourth-order valence-electron chi connectivity index (χ4n) is 9.01. The first kappa shape index (κ1) is 50.0. The van der Waals surface area contributed by atoms with E-state index in [9.17, 15) is 24.3 Å². The molecule has 12 nitrogen and oxygen atoms in total. The topological polar surface area (TPSA) is 159 Å². The van der Waals surface area contributed by atoms with Crippen molar-refractivity contribution in [3.63, 3.8) is 0 Å². The summed E-state index contributed by atoms with van der Waals surface area (Å²) in [6.07, 6.45) is 5.81. The molecule has 6 aromatic carbocycles. The van der Waals surface area contributed by atoms with Gasteiger partial charge in [0.1, 0.15) is 11.6 Å². The number of ether oxygens (including phenoxy) is 1. The fourth-order valence-corrected chi connectivity index (χ4v) is 11.8. The molecule has 2 saturated carbocycles. The number of carboxylic acid groups (broad SMARTS) is 1. The van der Waals surface area contributed by atoms with E-state index in [0.29, 0.717) is 44.5 Å². The number of carbonyl (C=O) groups excluding carboxylic acids is 3. The van der Waals surface area contributed by atoms with Crippen LogP contribution in [0.2, 0.25) is 0 Å². The number of nitrogens with zero attached hydrogens (tertiary/aromatic N) is 6. The summed E-state index contributed by atoms with van der Waals surface area (Å²) in [5.74, 6) is -1.19. The zero-order chi connectivity index (χ0) is 49.4. The fraction of sp³-hybridized carbons (Fsp3) is 0.273. The molecule has 0 aliphatic heterocycles. The van der Waals surface area contributed by atoms with Crippen LogP contribution < -0.4 is 0 Å². The van der Waals surface area contributed by atoms with Gasteiger partial charge in [0.15, 0.2) is 10.3 Å². The van der Waals surface area contributed by atoms with Crippen molar-refractivity contribution in [1.82, 2.24) is 29.5 Å². The van der Waals surface area contributed by atoms with E-state index in [0.717, 1.165) is 33.3 Å². The molecule has 0 saturated heterocycles. The van der Waals surface area contributed by atoms with E-state index < -0.39 is 17.8 Å². The Balaban J connectivity index is 0.000000176. The lowest BCUT2D eigenvalue weighted by atomic mass is 9.95. The molecule has 2 aliphatic carbocycles. The van der Waals surface area contributed by atoms with Crippen LogP contribution in [-0.4, -0.2) is 76.8 Å². The van der Waals surface area contributed by atoms with Crippen molar-refractivity contribution in [2.75, 3.05) is 18.6 Å². The van der Waals surface area contributed by atoms with Crippen LogP contribution in [0.4, 0.5) is 0 Å². The van der Waals surface area contributed by atoms with E-state index in [1.54, 1.807) is 0 Å². The molecule has 0 bridgehead atoms. The number of aliphatic carboxylic acids is 1. The molecule has 71 heavy (non-hydrogen) atoms. The van der Waals surface area contributed by atoms with E-state index in [1.165, 1.54) is 78.2 Å². The van der Waals surface area contributed by atoms with Gasteiger partial charge < -0.3 is 9.84 Å². The Bertz CT molecular complexity index is 3220. The molecule has 362 valence electrons. The number of ketones is 2. The lowest BCUT2D eigenvalue weighted by Gasteiger charge is -2.15. The summed E-state index contributed by atoms with van der Waals surface area (Å²) < 4.78 is 9.97. The number of carbonyl (C=O) groups is 4. The Hall–Kier alpha value is -5.94. The number of aromatic nitrogens is 6. The molecule has 8 aromatic rings. The van der Waals surface area contributed by atoms with E-state index >= 15 is 0 Å². The number of methoxy groups -OCH3 is 1. The molecular weight excluding hydrogens is 1060 g/mol. The molecule has 0 amide bonds. The Kier molecular flexibility index (Phi) is 16.3. The number of halogens is 2. The number of hydrogen-bond acceptors (Lipinski definition) is 11. The highest BCUT2D eigenvalue weighted by molar-refractivity contribution is 9.10. The van der Waals surface area contributed by atoms with Crippen molar-refractivity contribution in [2.24, 2.45) is 11.8 Å². The van der Waals surface area contributed by atoms with Crippen LogP contribution in [0.5, 0.6) is 0 Å². The van der Waals surface area contributed by atoms with Crippen LogP contribution in [0.25, 0.3) is 32.9 Å². The number of fused-ring (bicyclic) bond motifs is 2. The Labute approximate surface area is 436 Å². The second-order valence-electron chi connectivity index (χ2n) is 17.9. The standard InChI is InChI=1S/C28H26BrN3O3S.C27H24BrN3O3S/c1-35-26(34)20(15-18-7-3-2-4-8-18)16-21(33)17-36-28-31-30-27(29)32(28)25-14-13-22(19-11-12-19)23-9-5-6-10-24(23)25;28-26-29-30-27(35-16-20(32)15-19(25(33)34)14-17-6-2-1-3-7-17)31(26)24-13-12-21(18-10-11-18)22-8-4-5-9-23(22)24/h2-10,13-14,19-20H,11-12,15-17H2,1H3;1-9,12-13,18-19H,10-11,14-16H2,(H,33,34). The number of thioether (sulfide) groups is 2. The van der Waals surface area contributed by atoms with Gasteiger partial charge in [0.2, 0.25) is 9.47 Å². The van der Waals surface area contributed by atoms with E-state index in [1.807, 2.05) is 81.9 Å². The highest BCUT2D eigenvalue weighted by Gasteiger charge is 2.29. The van der Waals surface area contributed by atoms with Crippen molar-refractivity contribution in [3.8, 4) is 11.4 Å². The first-order chi connectivity index (χ1) is 34.6. The minimum absolute atomic E-state index is 0.0223. The zero-order valence-corrected chi connectivity index (χ0v) is 43.6. The number of rotatable bonds is 20. The SMILES string of the molecule is COC(=O)C(CC(=O)CSc1nnc(Br)n1-c1ccc(C2CC2)c2ccccc12)Cc1ccccc1.O=C(CSc1nnc(Br)n1-c1ccc(C2CC2)c2ccccc12)CC(Cc1ccccc1)C(=O)O. The molecule has 2 aliphatic rings. The maximum Gasteiger partial charge on any atom is 0.309 e. The lowest BCUT2D eigenvalue weighted by Crippen LogP contribution is -2.23. The molecule has 2 unspecified atom stereocenters. The third-order valence-corrected chi connectivity index (χ3v) is 15.8. The van der Waals surface area contributed by atoms with E-state index in [-0.39, 0.29) is 41.9 Å². The van der Waals surface area contributed by atoms with Gasteiger partial charge in [-0.05, 0) is 127 Å². The van der Waals surface area contributed by atoms with Gasteiger partial charge in [-0.3, -0.25) is 28.3 Å². The van der Waals surface area contributed by atoms with Gasteiger partial charge in [-0.2, -0.15) is 0 Å². The molecule has 16 heteroatoms. The van der Waals surface area contributed by atoms with E-state index in [2.05, 4.69) is 113 Å². The predicted molar refractivity (Wildman–Crippen MR) is 285 cm³/mol. The maximum atomic E-state index is 12.9. The van der Waals surface area contributed by atoms with Crippen molar-refractivity contribution < 1.29 is 29.0 Å². The van der Waals surface area contributed by atoms with E-state index in [4.69, 9.17) is 4.74 Å². The number of Topliss-reactive ketones (excluding diaryl/α,β-unsaturated/α-hetero) is 2. The Morgan fingerprint density at radius 3 is 1.37 bits per heavy atom. The van der Waals surface area contributed by atoms with Crippen LogP contribution in [0.1, 0.15) is 72.6 Å². The summed E-state index contributed by atoms with van der Waals surface area (Å²) in [6, 6.07) is 44.4. The van der Waals surface area contributed by atoms with Crippen molar-refractivity contribution in [3.05, 3.63) is 165 Å². The van der Waals surface area contributed by atoms with Gasteiger partial charge in [-0.1, -0.05) is 145 Å². The second kappa shape index (κ2) is 23.1. The molecule has 0 radical (unpaired) electrons. The van der Waals surface area contributed by atoms with Crippen LogP contribution in [0.3, 0.4) is 0 Å². The van der Waals surface area contributed by atoms with Gasteiger partial charge in [-0.25, -0.2) is 0 Å². The zero-order valence-electron chi connectivity index (χ0n) is 38.8. The van der Waals surface area contributed by atoms with Gasteiger partial charge in [0, 0.05) is 23.6 Å². The predicted octanol–water partition coefficient (Wildman–Crippen LogP) is 12.2. The van der Waals surface area contributed by atoms with Crippen molar-refractivity contribution in [2.45, 2.75) is 73.5 Å². The number of hydrogen-bond donors (Lipinski definition) is 1. The largest absolute Gasteiger partial charge is 0.481 e. The summed E-state index contributed by atoms with van der Waals surface area (Å²) in [6.45, 7) is 0. The number of carboxylic acids is 1. The minimum atomic E-state index is -0.958. The molecule has 1 N–H and O–H groups in total. The highest BCUT2D eigenvalue weighted by Crippen LogP contribution is 2.46. The lowest BCUT2D eigenvalue weighted by molar-refractivity contribution is -0.147. The van der Waals surface area contributed by atoms with Crippen LogP contribution >= 0.6 is 55.4 Å². The monoisotopic (exact) mass is 1110 g/mol. The summed E-state index contributed by atoms with van der Waals surface area (Å²) >= 11 is 9.66. The third-order valence-electron chi connectivity index (χ3n) is 12.8. The summed E-state index contributed by atoms with van der Waals surface area (Å²) in [5, 5.41) is 32.6. The second-order valence-corrected chi connectivity index (χ2v) is 21.2. The normalized spacial score (nSPS) is 14.1. The first-order valence-electron chi connectivity index (χ1n) is 23.5.